The zero-order valence-corrected chi connectivity index (χ0v) is 8.81. The van der Waals surface area contributed by atoms with Gasteiger partial charge < -0.3 is 0 Å². The Morgan fingerprint density at radius 1 is 1.50 bits per heavy atom. The van der Waals surface area contributed by atoms with E-state index in [1.54, 1.807) is 10.0 Å². The molecule has 0 aromatic carbocycles. The summed E-state index contributed by atoms with van der Waals surface area (Å²) >= 11 is 1.43. The lowest BCUT2D eigenvalue weighted by atomic mass is 10.3. The Hall–Kier alpha value is -0.950. The monoisotopic (exact) mass is 229 g/mol. The predicted molar refractivity (Wildman–Crippen MR) is 52.1 cm³/mol. The topological polar surface area (TPSA) is 64.3 Å². The Labute approximate surface area is 84.3 Å². The molecule has 14 heavy (non-hydrogen) atoms. The van der Waals surface area contributed by atoms with Crippen LogP contribution in [0.3, 0.4) is 0 Å². The zero-order valence-electron chi connectivity index (χ0n) is 7.17. The van der Waals surface area contributed by atoms with Crippen molar-refractivity contribution in [3.8, 4) is 0 Å². The van der Waals surface area contributed by atoms with Crippen LogP contribution < -0.4 is 0 Å². The number of fused-ring (bicyclic) bond motifs is 3. The van der Waals surface area contributed by atoms with Crippen molar-refractivity contribution in [1.82, 2.24) is 14.6 Å². The molecule has 0 N–H and O–H groups in total. The first-order valence-corrected chi connectivity index (χ1v) is 6.86. The van der Waals surface area contributed by atoms with Crippen molar-refractivity contribution in [3.63, 3.8) is 0 Å². The summed E-state index contributed by atoms with van der Waals surface area (Å²) in [4.78, 5) is 5.12. The molecule has 0 fully saturated rings. The Kier molecular flexibility index (Phi) is 1.52. The van der Waals surface area contributed by atoms with Gasteiger partial charge in [0.2, 0.25) is 4.96 Å². The maximum Gasteiger partial charge on any atom is 0.212 e. The molecule has 1 aliphatic heterocycles. The Morgan fingerprint density at radius 2 is 2.36 bits per heavy atom. The van der Waals surface area contributed by atoms with Crippen LogP contribution in [0.15, 0.2) is 5.51 Å². The Balaban J connectivity index is 2.30. The molecule has 0 amide bonds. The van der Waals surface area contributed by atoms with E-state index in [0.29, 0.717) is 6.42 Å². The van der Waals surface area contributed by atoms with Crippen LogP contribution in [0, 0.1) is 0 Å². The van der Waals surface area contributed by atoms with Crippen molar-refractivity contribution in [2.45, 2.75) is 12.2 Å². The minimum absolute atomic E-state index is 0.0766. The van der Waals surface area contributed by atoms with E-state index in [-0.39, 0.29) is 11.5 Å². The number of aromatic nitrogens is 3. The summed E-state index contributed by atoms with van der Waals surface area (Å²) in [5.41, 5.74) is 3.30. The predicted octanol–water partition coefficient (Wildman–Crippen LogP) is 0.262. The first-order valence-electron chi connectivity index (χ1n) is 4.16. The smallest absolute Gasteiger partial charge is 0.212 e. The average molecular weight is 229 g/mol. The second-order valence-electron chi connectivity index (χ2n) is 3.28. The van der Waals surface area contributed by atoms with E-state index in [0.717, 1.165) is 16.3 Å². The summed E-state index contributed by atoms with van der Waals surface area (Å²) < 4.78 is 24.5. The van der Waals surface area contributed by atoms with Crippen molar-refractivity contribution in [1.29, 1.82) is 0 Å². The molecule has 0 aliphatic carbocycles. The number of imidazole rings is 1. The van der Waals surface area contributed by atoms with Crippen molar-refractivity contribution in [3.05, 3.63) is 16.9 Å². The molecule has 2 aromatic heterocycles. The summed E-state index contributed by atoms with van der Waals surface area (Å²) in [6.45, 7) is 0. The van der Waals surface area contributed by atoms with Crippen LogP contribution in [0.25, 0.3) is 4.96 Å². The first kappa shape index (κ1) is 8.37. The van der Waals surface area contributed by atoms with E-state index in [1.165, 1.54) is 11.3 Å². The van der Waals surface area contributed by atoms with Gasteiger partial charge in [0.1, 0.15) is 5.51 Å². The summed E-state index contributed by atoms with van der Waals surface area (Å²) in [6.07, 6.45) is 0.522. The molecule has 0 saturated carbocycles. The molecule has 7 heteroatoms. The van der Waals surface area contributed by atoms with Crippen LogP contribution in [0.2, 0.25) is 0 Å². The Morgan fingerprint density at radius 3 is 3.21 bits per heavy atom. The van der Waals surface area contributed by atoms with E-state index in [4.69, 9.17) is 0 Å². The molecule has 5 nitrogen and oxygen atoms in total. The maximum absolute atomic E-state index is 11.4. The van der Waals surface area contributed by atoms with Crippen molar-refractivity contribution < 1.29 is 8.42 Å². The summed E-state index contributed by atoms with van der Waals surface area (Å²) in [6, 6.07) is 0. The van der Waals surface area contributed by atoms with Crippen molar-refractivity contribution in [2.75, 3.05) is 5.75 Å². The second kappa shape index (κ2) is 2.54. The summed E-state index contributed by atoms with van der Waals surface area (Å²) in [5.74, 6) is 0.290. The van der Waals surface area contributed by atoms with E-state index < -0.39 is 9.84 Å². The number of rotatable bonds is 0. The lowest BCUT2D eigenvalue weighted by Crippen LogP contribution is -2.19. The lowest BCUT2D eigenvalue weighted by molar-refractivity contribution is 0.589. The van der Waals surface area contributed by atoms with Gasteiger partial charge in [-0.05, 0) is 0 Å². The third-order valence-electron chi connectivity index (χ3n) is 2.33. The van der Waals surface area contributed by atoms with Gasteiger partial charge in [-0.2, -0.15) is 5.10 Å². The molecule has 3 rings (SSSR count). The highest BCUT2D eigenvalue weighted by Gasteiger charge is 2.26. The quantitative estimate of drug-likeness (QED) is 0.650. The lowest BCUT2D eigenvalue weighted by Gasteiger charge is -2.10. The third kappa shape index (κ3) is 1.09. The van der Waals surface area contributed by atoms with E-state index in [1.807, 2.05) is 0 Å². The molecule has 2 aromatic rings. The van der Waals surface area contributed by atoms with Gasteiger partial charge >= 0.3 is 0 Å². The summed E-state index contributed by atoms with van der Waals surface area (Å²) in [5, 5.41) is 4.07. The van der Waals surface area contributed by atoms with Gasteiger partial charge in [0.15, 0.2) is 9.84 Å². The van der Waals surface area contributed by atoms with Gasteiger partial charge in [0.25, 0.3) is 0 Å². The largest absolute Gasteiger partial charge is 0.228 e. The summed E-state index contributed by atoms with van der Waals surface area (Å²) in [7, 11) is -2.93. The van der Waals surface area contributed by atoms with Crippen LogP contribution in [0.4, 0.5) is 0 Å². The molecule has 3 heterocycles. The van der Waals surface area contributed by atoms with Crippen LogP contribution in [0.1, 0.15) is 11.4 Å². The fraction of sp³-hybridized carbons (Fsp3) is 0.429. The molecule has 0 radical (unpaired) electrons. The highest BCUT2D eigenvalue weighted by atomic mass is 32.2. The molecule has 0 bridgehead atoms. The van der Waals surface area contributed by atoms with Gasteiger partial charge in [-0.3, -0.25) is 0 Å². The minimum Gasteiger partial charge on any atom is -0.228 e. The molecule has 0 atom stereocenters. The average Bonchev–Trinajstić information content (AvgIpc) is 2.64. The molecule has 0 spiro atoms. The van der Waals surface area contributed by atoms with Gasteiger partial charge in [0, 0.05) is 6.42 Å². The molecular formula is C7H7N3O2S2. The van der Waals surface area contributed by atoms with Crippen LogP contribution in [-0.4, -0.2) is 28.8 Å². The normalized spacial score (nSPS) is 19.7. The number of aryl methyl sites for hydroxylation is 1. The van der Waals surface area contributed by atoms with E-state index in [2.05, 4.69) is 10.1 Å². The second-order valence-corrected chi connectivity index (χ2v) is 6.28. The molecule has 74 valence electrons. The highest BCUT2D eigenvalue weighted by molar-refractivity contribution is 7.90. The number of sulfone groups is 1. The van der Waals surface area contributed by atoms with Crippen LogP contribution in [-0.2, 0) is 22.0 Å². The van der Waals surface area contributed by atoms with Crippen LogP contribution >= 0.6 is 11.3 Å². The van der Waals surface area contributed by atoms with E-state index in [9.17, 15) is 8.42 Å². The highest BCUT2D eigenvalue weighted by Crippen LogP contribution is 2.22. The molecular weight excluding hydrogens is 222 g/mol. The van der Waals surface area contributed by atoms with Gasteiger partial charge in [-0.25, -0.2) is 17.9 Å². The fourth-order valence-corrected chi connectivity index (χ4v) is 3.67. The van der Waals surface area contributed by atoms with Crippen LogP contribution in [0.5, 0.6) is 0 Å². The number of hydrogen-bond donors (Lipinski definition) is 0. The standard InChI is InChI=1S/C7H7N3O2S2/c11-14(12)2-1-5-6(3-14)10-7(9-5)13-4-8-10/h4H,1-3H2. The van der Waals surface area contributed by atoms with Gasteiger partial charge in [-0.1, -0.05) is 11.3 Å². The maximum atomic E-state index is 11.4. The van der Waals surface area contributed by atoms with Crippen molar-refractivity contribution in [2.24, 2.45) is 0 Å². The van der Waals surface area contributed by atoms with E-state index >= 15 is 0 Å². The zero-order chi connectivity index (χ0) is 9.76. The van der Waals surface area contributed by atoms with Gasteiger partial charge in [-0.15, -0.1) is 0 Å². The minimum atomic E-state index is -2.93. The third-order valence-corrected chi connectivity index (χ3v) is 4.54. The fourth-order valence-electron chi connectivity index (χ4n) is 1.66. The molecule has 0 saturated heterocycles. The number of nitrogens with zero attached hydrogens (tertiary/aromatic N) is 3. The first-order chi connectivity index (χ1) is 6.66. The van der Waals surface area contributed by atoms with Gasteiger partial charge in [0.05, 0.1) is 22.9 Å². The Bertz CT molecular complexity index is 596. The molecule has 1 aliphatic rings. The molecule has 0 unspecified atom stereocenters. The SMILES string of the molecule is O=S1(=O)CCc2nc3scnn3c2C1. The number of hydrogen-bond acceptors (Lipinski definition) is 5. The van der Waals surface area contributed by atoms with Crippen molar-refractivity contribution >= 4 is 26.1 Å².